The van der Waals surface area contributed by atoms with Gasteiger partial charge in [0.2, 0.25) is 5.91 Å². The predicted octanol–water partition coefficient (Wildman–Crippen LogP) is 2.00. The number of nitrogens with one attached hydrogen (secondary N) is 1. The van der Waals surface area contributed by atoms with Crippen molar-refractivity contribution < 1.29 is 27.8 Å². The van der Waals surface area contributed by atoms with Gasteiger partial charge in [-0.2, -0.15) is 0 Å². The minimum atomic E-state index is -0.529. The molecule has 2 aromatic carbocycles. The molecule has 1 heterocycles. The van der Waals surface area contributed by atoms with Gasteiger partial charge in [-0.15, -0.1) is 0 Å². The highest BCUT2D eigenvalue weighted by molar-refractivity contribution is 5.85. The monoisotopic (exact) mass is 390 g/mol. The molecule has 1 N–H and O–H groups in total. The van der Waals surface area contributed by atoms with Gasteiger partial charge in [0.05, 0.1) is 12.5 Å². The number of halogens is 2. The Kier molecular flexibility index (Phi) is 6.41. The fourth-order valence-corrected chi connectivity index (χ4v) is 2.66. The summed E-state index contributed by atoms with van der Waals surface area (Å²) in [4.78, 5) is 25.5. The quantitative estimate of drug-likeness (QED) is 0.700. The summed E-state index contributed by atoms with van der Waals surface area (Å²) in [5.74, 6) is -1.09. The number of ether oxygens (including phenoxy) is 2. The molecule has 2 amide bonds. The van der Waals surface area contributed by atoms with Crippen molar-refractivity contribution in [3.63, 3.8) is 0 Å². The first-order valence-electron chi connectivity index (χ1n) is 8.84. The van der Waals surface area contributed by atoms with E-state index < -0.39 is 5.82 Å². The third-order valence-electron chi connectivity index (χ3n) is 4.28. The molecular weight excluding hydrogens is 370 g/mol. The first-order valence-corrected chi connectivity index (χ1v) is 8.84. The van der Waals surface area contributed by atoms with Crippen LogP contribution in [0.5, 0.6) is 11.5 Å². The molecular formula is C20H20F2N2O4. The lowest BCUT2D eigenvalue weighted by Gasteiger charge is -2.38. The van der Waals surface area contributed by atoms with Gasteiger partial charge in [-0.3, -0.25) is 9.59 Å². The SMILES string of the molecule is O=C(NCCOc1ccc(F)cc1)C1CN(C(=O)COc2ccccc2F)C1. The number of carbonyl (C=O) groups is 2. The summed E-state index contributed by atoms with van der Waals surface area (Å²) in [7, 11) is 0. The molecule has 0 unspecified atom stereocenters. The van der Waals surface area contributed by atoms with Crippen molar-refractivity contribution in [1.82, 2.24) is 10.2 Å². The van der Waals surface area contributed by atoms with E-state index in [0.717, 1.165) is 0 Å². The zero-order chi connectivity index (χ0) is 19.9. The van der Waals surface area contributed by atoms with Crippen molar-refractivity contribution in [3.05, 3.63) is 60.2 Å². The Bertz CT molecular complexity index is 823. The Hall–Kier alpha value is -3.16. The van der Waals surface area contributed by atoms with E-state index in [4.69, 9.17) is 9.47 Å². The van der Waals surface area contributed by atoms with Gasteiger partial charge < -0.3 is 19.7 Å². The van der Waals surface area contributed by atoms with E-state index in [2.05, 4.69) is 5.32 Å². The standard InChI is InChI=1S/C20H20F2N2O4/c21-15-5-7-16(8-6-15)27-10-9-23-20(26)14-11-24(12-14)19(25)13-28-18-4-2-1-3-17(18)22/h1-8,14H,9-13H2,(H,23,26). The second kappa shape index (κ2) is 9.16. The Morgan fingerprint density at radius 2 is 1.75 bits per heavy atom. The van der Waals surface area contributed by atoms with Crippen molar-refractivity contribution >= 4 is 11.8 Å². The third kappa shape index (κ3) is 5.18. The molecule has 1 saturated heterocycles. The van der Waals surface area contributed by atoms with Crippen LogP contribution in [0.2, 0.25) is 0 Å². The van der Waals surface area contributed by atoms with Crippen LogP contribution in [0.1, 0.15) is 0 Å². The number of hydrogen-bond donors (Lipinski definition) is 1. The molecule has 0 atom stereocenters. The van der Waals surface area contributed by atoms with Gasteiger partial charge in [0.25, 0.3) is 5.91 Å². The second-order valence-electron chi connectivity index (χ2n) is 6.31. The Morgan fingerprint density at radius 1 is 1.04 bits per heavy atom. The van der Waals surface area contributed by atoms with Crippen molar-refractivity contribution in [2.24, 2.45) is 5.92 Å². The van der Waals surface area contributed by atoms with E-state index in [0.29, 0.717) is 25.4 Å². The van der Waals surface area contributed by atoms with E-state index in [1.54, 1.807) is 6.07 Å². The van der Waals surface area contributed by atoms with Crippen molar-refractivity contribution in [3.8, 4) is 11.5 Å². The molecule has 6 nitrogen and oxygen atoms in total. The summed E-state index contributed by atoms with van der Waals surface area (Å²) < 4.78 is 36.8. The lowest BCUT2D eigenvalue weighted by molar-refractivity contribution is -0.144. The van der Waals surface area contributed by atoms with E-state index in [9.17, 15) is 18.4 Å². The number of likely N-dealkylation sites (tertiary alicyclic amines) is 1. The fourth-order valence-electron chi connectivity index (χ4n) is 2.66. The molecule has 0 saturated carbocycles. The van der Waals surface area contributed by atoms with Gasteiger partial charge >= 0.3 is 0 Å². The number of carbonyl (C=O) groups excluding carboxylic acids is 2. The summed E-state index contributed by atoms with van der Waals surface area (Å²) in [5.41, 5.74) is 0. The van der Waals surface area contributed by atoms with Gasteiger partial charge in [0.15, 0.2) is 18.2 Å². The van der Waals surface area contributed by atoms with Crippen LogP contribution in [0, 0.1) is 17.6 Å². The van der Waals surface area contributed by atoms with Crippen LogP contribution in [0.25, 0.3) is 0 Å². The van der Waals surface area contributed by atoms with Gasteiger partial charge in [0.1, 0.15) is 18.2 Å². The third-order valence-corrected chi connectivity index (χ3v) is 4.28. The first-order chi connectivity index (χ1) is 13.5. The lowest BCUT2D eigenvalue weighted by Crippen LogP contribution is -2.57. The van der Waals surface area contributed by atoms with E-state index in [1.165, 1.54) is 47.4 Å². The molecule has 2 aromatic rings. The number of para-hydroxylation sites is 1. The van der Waals surface area contributed by atoms with Gasteiger partial charge in [-0.1, -0.05) is 12.1 Å². The average molecular weight is 390 g/mol. The van der Waals surface area contributed by atoms with Crippen LogP contribution in [-0.2, 0) is 9.59 Å². The Morgan fingerprint density at radius 3 is 2.46 bits per heavy atom. The zero-order valence-corrected chi connectivity index (χ0v) is 15.1. The van der Waals surface area contributed by atoms with Crippen LogP contribution in [0.15, 0.2) is 48.5 Å². The summed E-state index contributed by atoms with van der Waals surface area (Å²) in [5, 5.41) is 2.73. The van der Waals surface area contributed by atoms with E-state index in [-0.39, 0.29) is 42.5 Å². The maximum atomic E-state index is 13.4. The Labute approximate surface area is 161 Å². The van der Waals surface area contributed by atoms with Crippen LogP contribution in [0.4, 0.5) is 8.78 Å². The topological polar surface area (TPSA) is 67.9 Å². The highest BCUT2D eigenvalue weighted by Gasteiger charge is 2.35. The largest absolute Gasteiger partial charge is 0.492 e. The maximum Gasteiger partial charge on any atom is 0.260 e. The number of benzene rings is 2. The molecule has 8 heteroatoms. The van der Waals surface area contributed by atoms with Crippen LogP contribution < -0.4 is 14.8 Å². The normalized spacial score (nSPS) is 13.6. The molecule has 0 aliphatic carbocycles. The van der Waals surface area contributed by atoms with Crippen LogP contribution >= 0.6 is 0 Å². The lowest BCUT2D eigenvalue weighted by atomic mass is 9.99. The molecule has 1 aliphatic heterocycles. The molecule has 3 rings (SSSR count). The maximum absolute atomic E-state index is 13.4. The molecule has 0 radical (unpaired) electrons. The van der Waals surface area contributed by atoms with E-state index in [1.807, 2.05) is 0 Å². The minimum absolute atomic E-state index is 0.0202. The predicted molar refractivity (Wildman–Crippen MR) is 96.9 cm³/mol. The highest BCUT2D eigenvalue weighted by atomic mass is 19.1. The van der Waals surface area contributed by atoms with Crippen molar-refractivity contribution in [2.45, 2.75) is 0 Å². The highest BCUT2D eigenvalue weighted by Crippen LogP contribution is 2.18. The van der Waals surface area contributed by atoms with Crippen LogP contribution in [-0.4, -0.2) is 49.6 Å². The number of amides is 2. The second-order valence-corrected chi connectivity index (χ2v) is 6.31. The molecule has 1 aliphatic rings. The van der Waals surface area contributed by atoms with Gasteiger partial charge in [-0.25, -0.2) is 8.78 Å². The molecule has 0 spiro atoms. The van der Waals surface area contributed by atoms with Crippen molar-refractivity contribution in [2.75, 3.05) is 32.8 Å². The molecule has 0 bridgehead atoms. The smallest absolute Gasteiger partial charge is 0.260 e. The molecule has 1 fully saturated rings. The molecule has 148 valence electrons. The first kappa shape index (κ1) is 19.6. The summed E-state index contributed by atoms with van der Waals surface area (Å²) in [6.45, 7) is 0.870. The fraction of sp³-hybridized carbons (Fsp3) is 0.300. The summed E-state index contributed by atoms with van der Waals surface area (Å²) in [6, 6.07) is 11.5. The minimum Gasteiger partial charge on any atom is -0.492 e. The van der Waals surface area contributed by atoms with Gasteiger partial charge in [0, 0.05) is 13.1 Å². The summed E-state index contributed by atoms with van der Waals surface area (Å²) >= 11 is 0. The van der Waals surface area contributed by atoms with E-state index >= 15 is 0 Å². The molecule has 0 aromatic heterocycles. The zero-order valence-electron chi connectivity index (χ0n) is 15.1. The average Bonchev–Trinajstić information content (AvgIpc) is 2.65. The Balaban J connectivity index is 1.30. The number of hydrogen-bond acceptors (Lipinski definition) is 4. The number of nitrogens with zero attached hydrogens (tertiary/aromatic N) is 1. The molecule has 28 heavy (non-hydrogen) atoms. The summed E-state index contributed by atoms with van der Waals surface area (Å²) in [6.07, 6.45) is 0. The van der Waals surface area contributed by atoms with Gasteiger partial charge in [-0.05, 0) is 36.4 Å². The number of rotatable bonds is 8. The van der Waals surface area contributed by atoms with Crippen molar-refractivity contribution in [1.29, 1.82) is 0 Å². The van der Waals surface area contributed by atoms with Crippen LogP contribution in [0.3, 0.4) is 0 Å².